The third kappa shape index (κ3) is 4.82. The summed E-state index contributed by atoms with van der Waals surface area (Å²) in [5.41, 5.74) is 6.10. The molecule has 0 aliphatic heterocycles. The van der Waals surface area contributed by atoms with Crippen LogP contribution in [0.4, 0.5) is 0 Å². The zero-order valence-corrected chi connectivity index (χ0v) is 13.2. The third-order valence-electron chi connectivity index (χ3n) is 3.42. The van der Waals surface area contributed by atoms with Crippen molar-refractivity contribution in [3.05, 3.63) is 24.0 Å². The van der Waals surface area contributed by atoms with E-state index in [1.54, 1.807) is 6.07 Å². The summed E-state index contributed by atoms with van der Waals surface area (Å²) in [6.07, 6.45) is 2.37. The molecule has 1 aromatic rings. The van der Waals surface area contributed by atoms with Crippen molar-refractivity contribution in [1.82, 2.24) is 14.6 Å². The molecule has 20 heavy (non-hydrogen) atoms. The molecule has 0 aliphatic carbocycles. The van der Waals surface area contributed by atoms with Gasteiger partial charge >= 0.3 is 0 Å². The lowest BCUT2D eigenvalue weighted by Crippen LogP contribution is -2.37. The number of rotatable bonds is 8. The molecule has 1 rings (SSSR count). The molecule has 0 aromatic carbocycles. The van der Waals surface area contributed by atoms with Gasteiger partial charge < -0.3 is 10.6 Å². The largest absolute Gasteiger partial charge is 0.325 e. The van der Waals surface area contributed by atoms with Crippen molar-refractivity contribution < 1.29 is 8.42 Å². The van der Waals surface area contributed by atoms with Crippen LogP contribution in [0.3, 0.4) is 0 Å². The molecule has 7 heteroatoms. The second-order valence-electron chi connectivity index (χ2n) is 4.83. The van der Waals surface area contributed by atoms with Gasteiger partial charge in [-0.1, -0.05) is 6.92 Å². The Balaban J connectivity index is 2.57. The minimum atomic E-state index is -3.49. The fourth-order valence-corrected chi connectivity index (χ4v) is 2.63. The quantitative estimate of drug-likeness (QED) is 0.732. The standard InChI is InChI=1S/C13H24N4O2S/c1-4-11(2)17(3)8-7-16-20(18,19)13-6-5-12(9-14)15-10-13/h5-6,10-11,16H,4,7-9,14H2,1-3H3. The van der Waals surface area contributed by atoms with Crippen LogP contribution in [0.5, 0.6) is 0 Å². The van der Waals surface area contributed by atoms with Crippen LogP contribution in [0.15, 0.2) is 23.2 Å². The molecule has 0 aliphatic rings. The maximum atomic E-state index is 12.1. The molecule has 0 saturated carbocycles. The molecule has 0 amide bonds. The highest BCUT2D eigenvalue weighted by Gasteiger charge is 2.14. The summed E-state index contributed by atoms with van der Waals surface area (Å²) in [4.78, 5) is 6.28. The van der Waals surface area contributed by atoms with E-state index in [2.05, 4.69) is 28.5 Å². The Hall–Kier alpha value is -1.02. The molecule has 1 atom stereocenters. The summed E-state index contributed by atoms with van der Waals surface area (Å²) < 4.78 is 26.7. The summed E-state index contributed by atoms with van der Waals surface area (Å²) in [6.45, 7) is 5.57. The van der Waals surface area contributed by atoms with Crippen LogP contribution < -0.4 is 10.5 Å². The maximum absolute atomic E-state index is 12.1. The second-order valence-corrected chi connectivity index (χ2v) is 6.59. The van der Waals surface area contributed by atoms with Crippen molar-refractivity contribution in [3.63, 3.8) is 0 Å². The number of aromatic nitrogens is 1. The van der Waals surface area contributed by atoms with Crippen LogP contribution in [-0.2, 0) is 16.6 Å². The minimum absolute atomic E-state index is 0.167. The minimum Gasteiger partial charge on any atom is -0.325 e. The van der Waals surface area contributed by atoms with Gasteiger partial charge in [-0.05, 0) is 32.5 Å². The first-order chi connectivity index (χ1) is 9.40. The summed E-state index contributed by atoms with van der Waals surface area (Å²) in [6, 6.07) is 3.58. The first kappa shape index (κ1) is 17.0. The fourth-order valence-electron chi connectivity index (χ4n) is 1.66. The monoisotopic (exact) mass is 300 g/mol. The molecular weight excluding hydrogens is 276 g/mol. The Kier molecular flexibility index (Phi) is 6.54. The normalized spacial score (nSPS) is 13.7. The summed E-state index contributed by atoms with van der Waals surface area (Å²) in [5.74, 6) is 0. The SMILES string of the molecule is CCC(C)N(C)CCNS(=O)(=O)c1ccc(CN)nc1. The number of hydrogen-bond acceptors (Lipinski definition) is 5. The van der Waals surface area contributed by atoms with Crippen molar-refractivity contribution in [3.8, 4) is 0 Å². The van der Waals surface area contributed by atoms with Crippen LogP contribution in [0.2, 0.25) is 0 Å². The highest BCUT2D eigenvalue weighted by molar-refractivity contribution is 7.89. The molecule has 1 heterocycles. The number of pyridine rings is 1. The highest BCUT2D eigenvalue weighted by atomic mass is 32.2. The van der Waals surface area contributed by atoms with E-state index in [1.807, 2.05) is 7.05 Å². The van der Waals surface area contributed by atoms with Crippen LogP contribution in [0.25, 0.3) is 0 Å². The van der Waals surface area contributed by atoms with Crippen molar-refractivity contribution in [2.75, 3.05) is 20.1 Å². The Morgan fingerprint density at radius 2 is 2.15 bits per heavy atom. The topological polar surface area (TPSA) is 88.3 Å². The van der Waals surface area contributed by atoms with E-state index < -0.39 is 10.0 Å². The predicted molar refractivity (Wildman–Crippen MR) is 79.7 cm³/mol. The maximum Gasteiger partial charge on any atom is 0.242 e. The van der Waals surface area contributed by atoms with Crippen molar-refractivity contribution in [2.45, 2.75) is 37.8 Å². The van der Waals surface area contributed by atoms with Crippen molar-refractivity contribution >= 4 is 10.0 Å². The van der Waals surface area contributed by atoms with Gasteiger partial charge in [0.15, 0.2) is 0 Å². The zero-order chi connectivity index (χ0) is 15.2. The van der Waals surface area contributed by atoms with Gasteiger partial charge in [0.1, 0.15) is 4.90 Å². The molecule has 0 radical (unpaired) electrons. The van der Waals surface area contributed by atoms with E-state index in [9.17, 15) is 8.42 Å². The molecule has 0 spiro atoms. The molecule has 114 valence electrons. The summed E-state index contributed by atoms with van der Waals surface area (Å²) in [7, 11) is -1.51. The van der Waals surface area contributed by atoms with Gasteiger partial charge in [0.25, 0.3) is 0 Å². The van der Waals surface area contributed by atoms with Crippen LogP contribution >= 0.6 is 0 Å². The molecule has 0 bridgehead atoms. The number of nitrogens with zero attached hydrogens (tertiary/aromatic N) is 2. The van der Waals surface area contributed by atoms with Gasteiger partial charge in [-0.3, -0.25) is 4.98 Å². The van der Waals surface area contributed by atoms with Crippen LogP contribution in [0, 0.1) is 0 Å². The van der Waals surface area contributed by atoms with Crippen molar-refractivity contribution in [2.24, 2.45) is 5.73 Å². The van der Waals surface area contributed by atoms with E-state index in [0.717, 1.165) is 6.42 Å². The Morgan fingerprint density at radius 3 is 2.65 bits per heavy atom. The molecular formula is C13H24N4O2S. The average Bonchev–Trinajstić information content (AvgIpc) is 2.46. The van der Waals surface area contributed by atoms with Gasteiger partial charge in [-0.25, -0.2) is 13.1 Å². The van der Waals surface area contributed by atoms with E-state index in [0.29, 0.717) is 31.4 Å². The first-order valence-corrected chi connectivity index (χ1v) is 8.24. The summed E-state index contributed by atoms with van der Waals surface area (Å²) >= 11 is 0. The van der Waals surface area contributed by atoms with E-state index in [1.165, 1.54) is 12.3 Å². The molecule has 1 unspecified atom stereocenters. The Labute approximate surface area is 121 Å². The van der Waals surface area contributed by atoms with Crippen molar-refractivity contribution in [1.29, 1.82) is 0 Å². The average molecular weight is 300 g/mol. The number of hydrogen-bond donors (Lipinski definition) is 2. The van der Waals surface area contributed by atoms with Crippen LogP contribution in [0.1, 0.15) is 26.0 Å². The van der Waals surface area contributed by atoms with E-state index >= 15 is 0 Å². The Morgan fingerprint density at radius 1 is 1.45 bits per heavy atom. The number of sulfonamides is 1. The fraction of sp³-hybridized carbons (Fsp3) is 0.615. The Bertz CT molecular complexity index is 502. The van der Waals surface area contributed by atoms with Gasteiger partial charge in [0.2, 0.25) is 10.0 Å². The highest BCUT2D eigenvalue weighted by Crippen LogP contribution is 2.07. The third-order valence-corrected chi connectivity index (χ3v) is 4.86. The zero-order valence-electron chi connectivity index (χ0n) is 12.3. The predicted octanol–water partition coefficient (Wildman–Crippen LogP) is 0.549. The number of likely N-dealkylation sites (N-methyl/N-ethyl adjacent to an activating group) is 1. The molecule has 1 aromatic heterocycles. The first-order valence-electron chi connectivity index (χ1n) is 6.75. The van der Waals surface area contributed by atoms with Gasteiger partial charge in [-0.2, -0.15) is 0 Å². The molecule has 0 saturated heterocycles. The molecule has 3 N–H and O–H groups in total. The molecule has 0 fully saturated rings. The lowest BCUT2D eigenvalue weighted by Gasteiger charge is -2.23. The van der Waals surface area contributed by atoms with Gasteiger partial charge in [0.05, 0.1) is 5.69 Å². The number of nitrogens with one attached hydrogen (secondary N) is 1. The van der Waals surface area contributed by atoms with E-state index in [-0.39, 0.29) is 4.90 Å². The van der Waals surface area contributed by atoms with Gasteiger partial charge in [0, 0.05) is 31.9 Å². The van der Waals surface area contributed by atoms with E-state index in [4.69, 9.17) is 5.73 Å². The van der Waals surface area contributed by atoms with Gasteiger partial charge in [-0.15, -0.1) is 0 Å². The lowest BCUT2D eigenvalue weighted by atomic mass is 10.2. The van der Waals surface area contributed by atoms with Crippen LogP contribution in [-0.4, -0.2) is 44.5 Å². The number of nitrogens with two attached hydrogens (primary N) is 1. The smallest absolute Gasteiger partial charge is 0.242 e. The second kappa shape index (κ2) is 7.68. The lowest BCUT2D eigenvalue weighted by molar-refractivity contribution is 0.256. The molecule has 6 nitrogen and oxygen atoms in total. The summed E-state index contributed by atoms with van der Waals surface area (Å²) in [5, 5.41) is 0.